The summed E-state index contributed by atoms with van der Waals surface area (Å²) in [5, 5.41) is 13.4. The molecule has 3 N–H and O–H groups in total. The van der Waals surface area contributed by atoms with Crippen molar-refractivity contribution in [2.45, 2.75) is 24.7 Å². The first-order valence-corrected chi connectivity index (χ1v) is 7.60. The lowest BCUT2D eigenvalue weighted by Gasteiger charge is -2.10. The minimum absolute atomic E-state index is 0.00935. The molecule has 0 aliphatic carbocycles. The predicted molar refractivity (Wildman–Crippen MR) is 81.4 cm³/mol. The minimum Gasteiger partial charge on any atom is -0.481 e. The van der Waals surface area contributed by atoms with Crippen LogP contribution in [0.25, 0.3) is 0 Å². The molecule has 1 unspecified atom stereocenters. The predicted octanol–water partition coefficient (Wildman–Crippen LogP) is 2.56. The van der Waals surface area contributed by atoms with Crippen LogP contribution >= 0.6 is 11.8 Å². The third-order valence-electron chi connectivity index (χ3n) is 2.64. The lowest BCUT2D eigenvalue weighted by atomic mass is 10.0. The maximum Gasteiger partial charge on any atom is 0.325 e. The number of aliphatic carboxylic acids is 1. The third kappa shape index (κ3) is 6.80. The molecule has 1 atom stereocenters. The summed E-state index contributed by atoms with van der Waals surface area (Å²) in [6.07, 6.45) is 1.81. The molecular weight excluding hydrogens is 292 g/mol. The van der Waals surface area contributed by atoms with Gasteiger partial charge in [-0.2, -0.15) is 0 Å². The number of urea groups is 1. The zero-order chi connectivity index (χ0) is 15.8. The van der Waals surface area contributed by atoms with E-state index in [-0.39, 0.29) is 18.8 Å². The summed E-state index contributed by atoms with van der Waals surface area (Å²) >= 11 is 1.54. The maximum atomic E-state index is 11.7. The second-order valence-corrected chi connectivity index (χ2v) is 5.52. The van der Waals surface area contributed by atoms with Gasteiger partial charge in [-0.3, -0.25) is 14.9 Å². The molecule has 6 nitrogen and oxygen atoms in total. The Morgan fingerprint density at radius 3 is 2.62 bits per heavy atom. The Bertz CT molecular complexity index is 533. The van der Waals surface area contributed by atoms with Crippen LogP contribution in [-0.4, -0.2) is 29.3 Å². The van der Waals surface area contributed by atoms with Crippen LogP contribution in [0.5, 0.6) is 0 Å². The first-order valence-electron chi connectivity index (χ1n) is 6.37. The molecule has 1 aromatic carbocycles. The van der Waals surface area contributed by atoms with Gasteiger partial charge in [0.2, 0.25) is 5.91 Å². The SMILES string of the molecule is CSc1cccc(NC(=O)NC(=O)CC(C)CC(=O)O)c1. The number of hydrogen-bond donors (Lipinski definition) is 3. The van der Waals surface area contributed by atoms with Gasteiger partial charge in [-0.25, -0.2) is 4.79 Å². The van der Waals surface area contributed by atoms with Crippen molar-refractivity contribution in [1.29, 1.82) is 0 Å². The van der Waals surface area contributed by atoms with Gasteiger partial charge in [0.1, 0.15) is 0 Å². The van der Waals surface area contributed by atoms with Gasteiger partial charge in [0, 0.05) is 23.4 Å². The van der Waals surface area contributed by atoms with Crippen molar-refractivity contribution in [3.63, 3.8) is 0 Å². The molecule has 0 aromatic heterocycles. The molecule has 0 saturated carbocycles. The lowest BCUT2D eigenvalue weighted by molar-refractivity contribution is -0.138. The second-order valence-electron chi connectivity index (χ2n) is 4.64. The Labute approximate surface area is 127 Å². The van der Waals surface area contributed by atoms with E-state index in [2.05, 4.69) is 10.6 Å². The van der Waals surface area contributed by atoms with Crippen LogP contribution in [0.15, 0.2) is 29.2 Å². The number of hydrogen-bond acceptors (Lipinski definition) is 4. The highest BCUT2D eigenvalue weighted by Gasteiger charge is 2.14. The summed E-state index contributed by atoms with van der Waals surface area (Å²) in [6.45, 7) is 1.65. The van der Waals surface area contributed by atoms with Crippen LogP contribution in [0.2, 0.25) is 0 Å². The maximum absolute atomic E-state index is 11.7. The lowest BCUT2D eigenvalue weighted by Crippen LogP contribution is -2.35. The fraction of sp³-hybridized carbons (Fsp3) is 0.357. The highest BCUT2D eigenvalue weighted by molar-refractivity contribution is 7.98. The zero-order valence-electron chi connectivity index (χ0n) is 11.9. The van der Waals surface area contributed by atoms with Gasteiger partial charge in [0.05, 0.1) is 0 Å². The van der Waals surface area contributed by atoms with E-state index in [0.29, 0.717) is 5.69 Å². The molecule has 114 valence electrons. The van der Waals surface area contributed by atoms with Gasteiger partial charge in [0.25, 0.3) is 0 Å². The second kappa shape index (κ2) is 8.31. The molecule has 3 amide bonds. The van der Waals surface area contributed by atoms with Crippen LogP contribution < -0.4 is 10.6 Å². The number of benzene rings is 1. The van der Waals surface area contributed by atoms with Crippen molar-refractivity contribution in [2.75, 3.05) is 11.6 Å². The quantitative estimate of drug-likeness (QED) is 0.702. The monoisotopic (exact) mass is 310 g/mol. The van der Waals surface area contributed by atoms with E-state index < -0.39 is 17.9 Å². The van der Waals surface area contributed by atoms with Gasteiger partial charge in [-0.05, 0) is 30.4 Å². The van der Waals surface area contributed by atoms with Crippen LogP contribution in [-0.2, 0) is 9.59 Å². The van der Waals surface area contributed by atoms with Crippen molar-refractivity contribution in [3.8, 4) is 0 Å². The Balaban J connectivity index is 2.45. The van der Waals surface area contributed by atoms with Gasteiger partial charge in [0.15, 0.2) is 0 Å². The van der Waals surface area contributed by atoms with E-state index in [1.165, 1.54) is 0 Å². The average Bonchev–Trinajstić information content (AvgIpc) is 2.37. The molecule has 0 saturated heterocycles. The van der Waals surface area contributed by atoms with Crippen molar-refractivity contribution in [2.24, 2.45) is 5.92 Å². The Morgan fingerprint density at radius 2 is 2.00 bits per heavy atom. The van der Waals surface area contributed by atoms with Gasteiger partial charge in [-0.1, -0.05) is 13.0 Å². The van der Waals surface area contributed by atoms with E-state index >= 15 is 0 Å². The number of anilines is 1. The van der Waals surface area contributed by atoms with Crippen molar-refractivity contribution in [1.82, 2.24) is 5.32 Å². The van der Waals surface area contributed by atoms with Crippen molar-refractivity contribution < 1.29 is 19.5 Å². The van der Waals surface area contributed by atoms with Gasteiger partial charge >= 0.3 is 12.0 Å². The van der Waals surface area contributed by atoms with Crippen LogP contribution in [0, 0.1) is 5.92 Å². The van der Waals surface area contributed by atoms with Gasteiger partial charge < -0.3 is 10.4 Å². The number of carboxylic acid groups (broad SMARTS) is 1. The van der Waals surface area contributed by atoms with E-state index in [1.807, 2.05) is 12.3 Å². The number of amides is 3. The normalized spacial score (nSPS) is 11.5. The summed E-state index contributed by atoms with van der Waals surface area (Å²) in [6, 6.07) is 6.60. The molecule has 0 aliphatic rings. The molecular formula is C14H18N2O4S. The van der Waals surface area contributed by atoms with Crippen molar-refractivity contribution in [3.05, 3.63) is 24.3 Å². The molecule has 0 bridgehead atoms. The van der Waals surface area contributed by atoms with E-state index in [1.54, 1.807) is 36.9 Å². The van der Waals surface area contributed by atoms with Crippen LogP contribution in [0.4, 0.5) is 10.5 Å². The fourth-order valence-electron chi connectivity index (χ4n) is 1.73. The molecule has 1 aromatic rings. The first-order chi connectivity index (χ1) is 9.90. The molecule has 0 radical (unpaired) electrons. The third-order valence-corrected chi connectivity index (χ3v) is 3.36. The minimum atomic E-state index is -0.964. The number of carbonyl (C=O) groups is 3. The molecule has 7 heteroatoms. The van der Waals surface area contributed by atoms with Crippen LogP contribution in [0.1, 0.15) is 19.8 Å². The smallest absolute Gasteiger partial charge is 0.325 e. The summed E-state index contributed by atoms with van der Waals surface area (Å²) in [7, 11) is 0. The number of thioether (sulfide) groups is 1. The number of nitrogens with one attached hydrogen (secondary N) is 2. The van der Waals surface area contributed by atoms with Crippen molar-refractivity contribution >= 4 is 35.4 Å². The highest BCUT2D eigenvalue weighted by Crippen LogP contribution is 2.18. The Kier molecular flexibility index (Phi) is 6.74. The summed E-state index contributed by atoms with van der Waals surface area (Å²) in [5.41, 5.74) is 0.589. The topological polar surface area (TPSA) is 95.5 Å². The van der Waals surface area contributed by atoms with Gasteiger partial charge in [-0.15, -0.1) is 11.8 Å². The molecule has 0 fully saturated rings. The van der Waals surface area contributed by atoms with E-state index in [9.17, 15) is 14.4 Å². The largest absolute Gasteiger partial charge is 0.481 e. The molecule has 21 heavy (non-hydrogen) atoms. The molecule has 1 rings (SSSR count). The summed E-state index contributed by atoms with van der Waals surface area (Å²) < 4.78 is 0. The average molecular weight is 310 g/mol. The number of rotatable bonds is 6. The van der Waals surface area contributed by atoms with E-state index in [4.69, 9.17) is 5.11 Å². The standard InChI is InChI=1S/C14H18N2O4S/c1-9(7-13(18)19)6-12(17)16-14(20)15-10-4-3-5-11(8-10)21-2/h3-5,8-9H,6-7H2,1-2H3,(H,18,19)(H2,15,16,17,20). The van der Waals surface area contributed by atoms with Crippen LogP contribution in [0.3, 0.4) is 0 Å². The fourth-order valence-corrected chi connectivity index (χ4v) is 2.19. The molecule has 0 aliphatic heterocycles. The highest BCUT2D eigenvalue weighted by atomic mass is 32.2. The number of carboxylic acids is 1. The zero-order valence-corrected chi connectivity index (χ0v) is 12.7. The first kappa shape index (κ1) is 17.0. The Morgan fingerprint density at radius 1 is 1.29 bits per heavy atom. The number of carbonyl (C=O) groups excluding carboxylic acids is 2. The number of imide groups is 1. The summed E-state index contributed by atoms with van der Waals surface area (Å²) in [4.78, 5) is 34.7. The van der Waals surface area contributed by atoms with E-state index in [0.717, 1.165) is 4.90 Å². The summed E-state index contributed by atoms with van der Waals surface area (Å²) in [5.74, 6) is -1.79. The molecule has 0 spiro atoms. The molecule has 0 heterocycles. The Hall–Kier alpha value is -2.02.